The van der Waals surface area contributed by atoms with E-state index in [-0.39, 0.29) is 29.2 Å². The normalized spacial score (nSPS) is 20.1. The number of nitrogens with zero attached hydrogens (tertiary/aromatic N) is 1. The Kier molecular flexibility index (Phi) is 5.75. The molecule has 1 saturated heterocycles. The molecule has 24 heavy (non-hydrogen) atoms. The van der Waals surface area contributed by atoms with Gasteiger partial charge in [-0.1, -0.05) is 13.3 Å². The fourth-order valence-corrected chi connectivity index (χ4v) is 3.07. The summed E-state index contributed by atoms with van der Waals surface area (Å²) < 4.78 is 32.5. The molecule has 2 rings (SSSR count). The Bertz CT molecular complexity index is 637. The van der Waals surface area contributed by atoms with Crippen LogP contribution in [-0.2, 0) is 4.79 Å². The first kappa shape index (κ1) is 18.2. The van der Waals surface area contributed by atoms with Crippen LogP contribution in [0.2, 0.25) is 0 Å². The Hall–Kier alpha value is -2.18. The Labute approximate surface area is 140 Å². The van der Waals surface area contributed by atoms with Crippen molar-refractivity contribution in [2.24, 2.45) is 5.92 Å². The van der Waals surface area contributed by atoms with Crippen LogP contribution in [0.15, 0.2) is 12.1 Å². The lowest BCUT2D eigenvalue weighted by molar-refractivity contribution is -0.128. The Balaban J connectivity index is 2.16. The van der Waals surface area contributed by atoms with Gasteiger partial charge in [-0.25, -0.2) is 4.39 Å². The molecule has 0 aliphatic carbocycles. The van der Waals surface area contributed by atoms with E-state index in [0.29, 0.717) is 13.1 Å². The number of amides is 2. The lowest BCUT2D eigenvalue weighted by Gasteiger charge is -2.19. The molecule has 7 heteroatoms. The molecular formula is C17H22F2N2O3. The zero-order chi connectivity index (χ0) is 17.9. The summed E-state index contributed by atoms with van der Waals surface area (Å²) in [6.07, 6.45) is 1.75. The number of carbonyl (C=O) groups excluding carboxylic acids is 2. The van der Waals surface area contributed by atoms with Crippen molar-refractivity contribution in [3.8, 4) is 5.75 Å². The fraction of sp³-hybridized carbons (Fsp3) is 0.529. The molecule has 0 spiro atoms. The van der Waals surface area contributed by atoms with Crippen LogP contribution in [0, 0.1) is 17.6 Å². The maximum absolute atomic E-state index is 14.0. The van der Waals surface area contributed by atoms with Gasteiger partial charge in [-0.15, -0.1) is 0 Å². The van der Waals surface area contributed by atoms with Gasteiger partial charge in [-0.2, -0.15) is 4.39 Å². The summed E-state index contributed by atoms with van der Waals surface area (Å²) in [5.74, 6) is -3.32. The highest BCUT2D eigenvalue weighted by Gasteiger charge is 2.35. The molecule has 2 amide bonds. The van der Waals surface area contributed by atoms with Gasteiger partial charge in [0.2, 0.25) is 11.7 Å². The molecular weight excluding hydrogens is 318 g/mol. The monoisotopic (exact) mass is 340 g/mol. The molecule has 1 fully saturated rings. The molecule has 2 atom stereocenters. The minimum atomic E-state index is -1.24. The smallest absolute Gasteiger partial charge is 0.254 e. The number of methoxy groups -OCH3 is 1. The Morgan fingerprint density at radius 2 is 2.00 bits per heavy atom. The van der Waals surface area contributed by atoms with Crippen LogP contribution in [0.3, 0.4) is 0 Å². The first-order chi connectivity index (χ1) is 11.4. The largest absolute Gasteiger partial charge is 0.494 e. The van der Waals surface area contributed by atoms with E-state index in [9.17, 15) is 18.4 Å². The van der Waals surface area contributed by atoms with Crippen LogP contribution in [0.25, 0.3) is 0 Å². The van der Waals surface area contributed by atoms with Gasteiger partial charge in [0.15, 0.2) is 11.6 Å². The summed E-state index contributed by atoms with van der Waals surface area (Å²) in [7, 11) is 1.22. The summed E-state index contributed by atoms with van der Waals surface area (Å²) in [6, 6.07) is 2.14. The topological polar surface area (TPSA) is 58.6 Å². The third kappa shape index (κ3) is 3.66. The fourth-order valence-electron chi connectivity index (χ4n) is 3.07. The molecule has 1 aliphatic rings. The van der Waals surface area contributed by atoms with Gasteiger partial charge < -0.3 is 15.0 Å². The maximum atomic E-state index is 14.0. The van der Waals surface area contributed by atoms with E-state index < -0.39 is 17.5 Å². The van der Waals surface area contributed by atoms with Gasteiger partial charge in [0.05, 0.1) is 18.7 Å². The van der Waals surface area contributed by atoms with Crippen molar-refractivity contribution in [3.05, 3.63) is 29.3 Å². The van der Waals surface area contributed by atoms with E-state index in [1.165, 1.54) is 26.2 Å². The van der Waals surface area contributed by atoms with Crippen molar-refractivity contribution in [2.75, 3.05) is 20.2 Å². The van der Waals surface area contributed by atoms with Crippen LogP contribution in [-0.4, -0.2) is 43.0 Å². The molecule has 0 saturated carbocycles. The SMILES string of the molecule is CCC[C@@H]1CN(C(C)=O)C[C@H]1NC(=O)c1ccc(OC)c(F)c1F. The summed E-state index contributed by atoms with van der Waals surface area (Å²) in [6.45, 7) is 4.44. The Morgan fingerprint density at radius 3 is 2.58 bits per heavy atom. The van der Waals surface area contributed by atoms with Gasteiger partial charge >= 0.3 is 0 Å². The zero-order valence-electron chi connectivity index (χ0n) is 14.1. The van der Waals surface area contributed by atoms with E-state index >= 15 is 0 Å². The second-order valence-electron chi connectivity index (χ2n) is 6.00. The molecule has 1 aromatic carbocycles. The number of carbonyl (C=O) groups is 2. The van der Waals surface area contributed by atoms with E-state index in [1.54, 1.807) is 4.90 Å². The number of hydrogen-bond acceptors (Lipinski definition) is 3. The molecule has 1 aromatic rings. The number of rotatable bonds is 5. The maximum Gasteiger partial charge on any atom is 0.254 e. The first-order valence-electron chi connectivity index (χ1n) is 7.97. The van der Waals surface area contributed by atoms with Crippen molar-refractivity contribution < 1.29 is 23.1 Å². The van der Waals surface area contributed by atoms with Gasteiger partial charge in [-0.05, 0) is 24.5 Å². The van der Waals surface area contributed by atoms with E-state index in [4.69, 9.17) is 4.74 Å². The number of ether oxygens (including phenoxy) is 1. The lowest BCUT2D eigenvalue weighted by atomic mass is 9.98. The van der Waals surface area contributed by atoms with Crippen LogP contribution in [0.1, 0.15) is 37.0 Å². The van der Waals surface area contributed by atoms with E-state index in [1.807, 2.05) is 6.92 Å². The summed E-state index contributed by atoms with van der Waals surface area (Å²) >= 11 is 0. The molecule has 0 bridgehead atoms. The highest BCUT2D eigenvalue weighted by molar-refractivity contribution is 5.95. The number of nitrogens with one attached hydrogen (secondary N) is 1. The molecule has 0 aromatic heterocycles. The molecule has 1 N–H and O–H groups in total. The molecule has 1 aliphatic heterocycles. The highest BCUT2D eigenvalue weighted by atomic mass is 19.2. The van der Waals surface area contributed by atoms with Crippen molar-refractivity contribution in [3.63, 3.8) is 0 Å². The summed E-state index contributed by atoms with van der Waals surface area (Å²) in [5, 5.41) is 2.74. The van der Waals surface area contributed by atoms with Crippen LogP contribution in [0.4, 0.5) is 8.78 Å². The molecule has 0 radical (unpaired) electrons. The molecule has 0 unspecified atom stereocenters. The van der Waals surface area contributed by atoms with Crippen molar-refractivity contribution in [1.29, 1.82) is 0 Å². The average Bonchev–Trinajstić information content (AvgIpc) is 2.93. The van der Waals surface area contributed by atoms with Gasteiger partial charge in [-0.3, -0.25) is 9.59 Å². The number of halogens is 2. The van der Waals surface area contributed by atoms with Crippen LogP contribution < -0.4 is 10.1 Å². The molecule has 1 heterocycles. The highest BCUT2D eigenvalue weighted by Crippen LogP contribution is 2.25. The van der Waals surface area contributed by atoms with E-state index in [0.717, 1.165) is 12.8 Å². The third-order valence-electron chi connectivity index (χ3n) is 4.37. The second kappa shape index (κ2) is 7.59. The minimum Gasteiger partial charge on any atom is -0.494 e. The molecule has 132 valence electrons. The van der Waals surface area contributed by atoms with Crippen molar-refractivity contribution >= 4 is 11.8 Å². The van der Waals surface area contributed by atoms with Gasteiger partial charge in [0, 0.05) is 20.0 Å². The van der Waals surface area contributed by atoms with Crippen LogP contribution >= 0.6 is 0 Å². The van der Waals surface area contributed by atoms with E-state index in [2.05, 4.69) is 5.32 Å². The molecule has 5 nitrogen and oxygen atoms in total. The predicted molar refractivity (Wildman–Crippen MR) is 84.8 cm³/mol. The zero-order valence-corrected chi connectivity index (χ0v) is 14.1. The standard InChI is InChI=1S/C17H22F2N2O3/c1-4-5-11-8-21(10(2)22)9-13(11)20-17(23)12-6-7-14(24-3)16(19)15(12)18/h6-7,11,13H,4-5,8-9H2,1-3H3,(H,20,23)/t11-,13-/m1/s1. The average molecular weight is 340 g/mol. The number of benzene rings is 1. The van der Waals surface area contributed by atoms with Gasteiger partial charge in [0.1, 0.15) is 0 Å². The summed E-state index contributed by atoms with van der Waals surface area (Å²) in [5.41, 5.74) is -0.371. The van der Waals surface area contributed by atoms with Crippen molar-refractivity contribution in [1.82, 2.24) is 10.2 Å². The van der Waals surface area contributed by atoms with Gasteiger partial charge in [0.25, 0.3) is 5.91 Å². The number of likely N-dealkylation sites (tertiary alicyclic amines) is 1. The van der Waals surface area contributed by atoms with Crippen LogP contribution in [0.5, 0.6) is 5.75 Å². The number of hydrogen-bond donors (Lipinski definition) is 1. The lowest BCUT2D eigenvalue weighted by Crippen LogP contribution is -2.41. The second-order valence-corrected chi connectivity index (χ2v) is 6.00. The quantitative estimate of drug-likeness (QED) is 0.895. The summed E-state index contributed by atoms with van der Waals surface area (Å²) in [4.78, 5) is 25.6. The van der Waals surface area contributed by atoms with Crippen molar-refractivity contribution in [2.45, 2.75) is 32.7 Å². The minimum absolute atomic E-state index is 0.0606. The first-order valence-corrected chi connectivity index (χ1v) is 7.97. The predicted octanol–water partition coefficient (Wildman–Crippen LogP) is 2.35. The third-order valence-corrected chi connectivity index (χ3v) is 4.37. The Morgan fingerprint density at radius 1 is 1.29 bits per heavy atom.